The van der Waals surface area contributed by atoms with E-state index in [0.29, 0.717) is 5.75 Å². The van der Waals surface area contributed by atoms with Gasteiger partial charge in [0.15, 0.2) is 0 Å². The standard InChI is InChI=1S/C20H15NO4/c22-18-13-21(20(23)24-15-9-2-1-3-10-15)19(25-18)17-12-6-8-14-7-4-5-11-16(14)17/h1-12,19H,13H2. The Morgan fingerprint density at radius 3 is 2.52 bits per heavy atom. The molecule has 1 aliphatic rings. The molecule has 3 aromatic rings. The Labute approximate surface area is 144 Å². The van der Waals surface area contributed by atoms with Gasteiger partial charge in [0, 0.05) is 5.56 Å². The third-order valence-electron chi connectivity index (χ3n) is 4.10. The van der Waals surface area contributed by atoms with Crippen molar-refractivity contribution < 1.29 is 19.1 Å². The molecule has 1 atom stereocenters. The zero-order chi connectivity index (χ0) is 17.2. The van der Waals surface area contributed by atoms with Crippen LogP contribution in [0.2, 0.25) is 0 Å². The van der Waals surface area contributed by atoms with Gasteiger partial charge < -0.3 is 9.47 Å². The first-order valence-corrected chi connectivity index (χ1v) is 7.93. The van der Waals surface area contributed by atoms with E-state index in [9.17, 15) is 9.59 Å². The number of fused-ring (bicyclic) bond motifs is 1. The quantitative estimate of drug-likeness (QED) is 0.668. The van der Waals surface area contributed by atoms with Gasteiger partial charge in [-0.2, -0.15) is 0 Å². The van der Waals surface area contributed by atoms with Crippen LogP contribution in [0.1, 0.15) is 11.8 Å². The summed E-state index contributed by atoms with van der Waals surface area (Å²) in [6.07, 6.45) is -1.41. The first kappa shape index (κ1) is 15.2. The van der Waals surface area contributed by atoms with Gasteiger partial charge in [-0.1, -0.05) is 60.7 Å². The van der Waals surface area contributed by atoms with E-state index in [1.54, 1.807) is 24.3 Å². The van der Waals surface area contributed by atoms with Crippen LogP contribution < -0.4 is 4.74 Å². The summed E-state index contributed by atoms with van der Waals surface area (Å²) >= 11 is 0. The number of ether oxygens (including phenoxy) is 2. The predicted octanol–water partition coefficient (Wildman–Crippen LogP) is 3.90. The molecule has 1 unspecified atom stereocenters. The lowest BCUT2D eigenvalue weighted by Crippen LogP contribution is -2.34. The topological polar surface area (TPSA) is 55.8 Å². The Bertz CT molecular complexity index is 933. The van der Waals surface area contributed by atoms with Crippen LogP contribution in [-0.4, -0.2) is 23.5 Å². The van der Waals surface area contributed by atoms with Crippen molar-refractivity contribution in [1.82, 2.24) is 4.90 Å². The summed E-state index contributed by atoms with van der Waals surface area (Å²) in [6.45, 7) is -0.139. The van der Waals surface area contributed by atoms with Crippen LogP contribution >= 0.6 is 0 Å². The van der Waals surface area contributed by atoms with E-state index >= 15 is 0 Å². The molecule has 0 bridgehead atoms. The van der Waals surface area contributed by atoms with Gasteiger partial charge in [0.25, 0.3) is 0 Å². The van der Waals surface area contributed by atoms with Gasteiger partial charge in [-0.15, -0.1) is 0 Å². The molecule has 0 saturated carbocycles. The normalized spacial score (nSPS) is 16.7. The molecule has 0 aliphatic carbocycles. The van der Waals surface area contributed by atoms with Crippen molar-refractivity contribution in [2.24, 2.45) is 0 Å². The molecular weight excluding hydrogens is 318 g/mol. The number of amides is 1. The highest BCUT2D eigenvalue weighted by Gasteiger charge is 2.38. The highest BCUT2D eigenvalue weighted by atomic mass is 16.6. The minimum absolute atomic E-state index is 0.139. The average molecular weight is 333 g/mol. The molecule has 0 radical (unpaired) electrons. The van der Waals surface area contributed by atoms with E-state index in [1.165, 1.54) is 4.90 Å². The molecule has 1 heterocycles. The lowest BCUT2D eigenvalue weighted by Gasteiger charge is -2.22. The Balaban J connectivity index is 1.68. The van der Waals surface area contributed by atoms with E-state index in [1.807, 2.05) is 48.5 Å². The van der Waals surface area contributed by atoms with Gasteiger partial charge in [-0.3, -0.25) is 9.69 Å². The van der Waals surface area contributed by atoms with Crippen molar-refractivity contribution in [3.63, 3.8) is 0 Å². The van der Waals surface area contributed by atoms with Gasteiger partial charge in [-0.25, -0.2) is 4.79 Å². The molecule has 1 amide bonds. The van der Waals surface area contributed by atoms with Gasteiger partial charge in [-0.05, 0) is 22.9 Å². The third-order valence-corrected chi connectivity index (χ3v) is 4.10. The molecule has 5 heteroatoms. The number of para-hydroxylation sites is 1. The molecule has 4 rings (SSSR count). The van der Waals surface area contributed by atoms with Crippen LogP contribution in [0.3, 0.4) is 0 Å². The van der Waals surface area contributed by atoms with Crippen LogP contribution in [0.25, 0.3) is 10.8 Å². The summed E-state index contributed by atoms with van der Waals surface area (Å²) in [5.41, 5.74) is 0.758. The maximum Gasteiger partial charge on any atom is 0.418 e. The van der Waals surface area contributed by atoms with Crippen LogP contribution in [0, 0.1) is 0 Å². The lowest BCUT2D eigenvalue weighted by atomic mass is 10.0. The van der Waals surface area contributed by atoms with Crippen molar-refractivity contribution in [2.75, 3.05) is 6.54 Å². The second kappa shape index (κ2) is 6.28. The largest absolute Gasteiger partial charge is 0.436 e. The number of rotatable bonds is 2. The van der Waals surface area contributed by atoms with Gasteiger partial charge in [0.2, 0.25) is 6.23 Å². The van der Waals surface area contributed by atoms with Crippen molar-refractivity contribution in [3.05, 3.63) is 78.4 Å². The van der Waals surface area contributed by atoms with Crippen molar-refractivity contribution in [3.8, 4) is 5.75 Å². The number of hydrogen-bond donors (Lipinski definition) is 0. The predicted molar refractivity (Wildman–Crippen MR) is 92.0 cm³/mol. The first-order chi connectivity index (χ1) is 12.2. The van der Waals surface area contributed by atoms with Crippen LogP contribution in [0.5, 0.6) is 5.75 Å². The zero-order valence-corrected chi connectivity index (χ0v) is 13.3. The van der Waals surface area contributed by atoms with Gasteiger partial charge in [0.1, 0.15) is 12.3 Å². The molecule has 124 valence electrons. The molecular formula is C20H15NO4. The van der Waals surface area contributed by atoms with Crippen LogP contribution in [0.4, 0.5) is 4.79 Å². The Hall–Kier alpha value is -3.34. The molecule has 1 fully saturated rings. The second-order valence-corrected chi connectivity index (χ2v) is 5.72. The molecule has 0 N–H and O–H groups in total. The fraction of sp³-hybridized carbons (Fsp3) is 0.100. The van der Waals surface area contributed by atoms with E-state index < -0.39 is 18.3 Å². The van der Waals surface area contributed by atoms with Gasteiger partial charge in [0.05, 0.1) is 0 Å². The number of hydrogen-bond acceptors (Lipinski definition) is 4. The summed E-state index contributed by atoms with van der Waals surface area (Å²) in [5, 5.41) is 1.95. The minimum atomic E-state index is -0.796. The number of nitrogens with zero attached hydrogens (tertiary/aromatic N) is 1. The Morgan fingerprint density at radius 2 is 1.68 bits per heavy atom. The summed E-state index contributed by atoms with van der Waals surface area (Å²) in [4.78, 5) is 25.7. The smallest absolute Gasteiger partial charge is 0.418 e. The summed E-state index contributed by atoms with van der Waals surface area (Å²) in [5.74, 6) is -0.0357. The van der Waals surface area contributed by atoms with E-state index in [0.717, 1.165) is 16.3 Å². The summed E-state index contributed by atoms with van der Waals surface area (Å²) in [6, 6.07) is 22.2. The van der Waals surface area contributed by atoms with E-state index in [2.05, 4.69) is 0 Å². The molecule has 25 heavy (non-hydrogen) atoms. The van der Waals surface area contributed by atoms with Crippen LogP contribution in [-0.2, 0) is 9.53 Å². The highest BCUT2D eigenvalue weighted by Crippen LogP contribution is 2.33. The Morgan fingerprint density at radius 1 is 0.960 bits per heavy atom. The molecule has 3 aromatic carbocycles. The second-order valence-electron chi connectivity index (χ2n) is 5.72. The zero-order valence-electron chi connectivity index (χ0n) is 13.3. The minimum Gasteiger partial charge on any atom is -0.436 e. The summed E-state index contributed by atoms with van der Waals surface area (Å²) in [7, 11) is 0. The highest BCUT2D eigenvalue weighted by molar-refractivity contribution is 5.88. The number of carbonyl (C=O) groups is 2. The fourth-order valence-electron chi connectivity index (χ4n) is 2.95. The molecule has 1 saturated heterocycles. The number of cyclic esters (lactones) is 1. The number of carbonyl (C=O) groups excluding carboxylic acids is 2. The Kier molecular flexibility index (Phi) is 3.82. The fourth-order valence-corrected chi connectivity index (χ4v) is 2.95. The molecule has 0 aromatic heterocycles. The van der Waals surface area contributed by atoms with Crippen molar-refractivity contribution in [2.45, 2.75) is 6.23 Å². The monoisotopic (exact) mass is 333 g/mol. The van der Waals surface area contributed by atoms with Crippen molar-refractivity contribution >= 4 is 22.8 Å². The van der Waals surface area contributed by atoms with E-state index in [-0.39, 0.29) is 6.54 Å². The number of esters is 1. The molecule has 1 aliphatic heterocycles. The average Bonchev–Trinajstić information content (AvgIpc) is 3.04. The maximum absolute atomic E-state index is 12.6. The number of benzene rings is 3. The summed E-state index contributed by atoms with van der Waals surface area (Å²) < 4.78 is 10.8. The van der Waals surface area contributed by atoms with Crippen molar-refractivity contribution in [1.29, 1.82) is 0 Å². The van der Waals surface area contributed by atoms with Crippen LogP contribution in [0.15, 0.2) is 72.8 Å². The lowest BCUT2D eigenvalue weighted by molar-refractivity contribution is -0.141. The SMILES string of the molecule is O=C1CN(C(=O)Oc2ccccc2)C(c2cccc3ccccc23)O1. The van der Waals surface area contributed by atoms with E-state index in [4.69, 9.17) is 9.47 Å². The first-order valence-electron chi connectivity index (χ1n) is 7.93. The maximum atomic E-state index is 12.6. The molecule has 5 nitrogen and oxygen atoms in total. The third kappa shape index (κ3) is 2.92. The molecule has 0 spiro atoms. The van der Waals surface area contributed by atoms with Gasteiger partial charge >= 0.3 is 12.1 Å².